The smallest absolute Gasteiger partial charge is 0.335 e. The zero-order valence-electron chi connectivity index (χ0n) is 13.4. The van der Waals surface area contributed by atoms with Gasteiger partial charge in [-0.05, 0) is 0 Å². The van der Waals surface area contributed by atoms with Gasteiger partial charge in [-0.25, -0.2) is 9.59 Å². The third-order valence-electron chi connectivity index (χ3n) is 2.93. The van der Waals surface area contributed by atoms with Crippen molar-refractivity contribution in [3.05, 3.63) is 0 Å². The molecule has 0 aromatic rings. The maximum atomic E-state index is 11.0. The van der Waals surface area contributed by atoms with Gasteiger partial charge >= 0.3 is 11.9 Å². The van der Waals surface area contributed by atoms with Crippen LogP contribution in [0.2, 0.25) is 0 Å². The van der Waals surface area contributed by atoms with E-state index in [4.69, 9.17) is 38.6 Å². The van der Waals surface area contributed by atoms with Crippen molar-refractivity contribution in [2.75, 3.05) is 66.1 Å². The van der Waals surface area contributed by atoms with Gasteiger partial charge in [0.25, 0.3) is 0 Å². The first kappa shape index (κ1) is 20.7. The molecule has 0 aromatic carbocycles. The Morgan fingerprint density at radius 2 is 0.917 bits per heavy atom. The monoisotopic (exact) mass is 352 g/mol. The van der Waals surface area contributed by atoms with Gasteiger partial charge in [0.15, 0.2) is 12.2 Å². The van der Waals surface area contributed by atoms with E-state index in [1.165, 1.54) is 0 Å². The van der Waals surface area contributed by atoms with Crippen LogP contribution in [0, 0.1) is 0 Å². The maximum Gasteiger partial charge on any atom is 0.335 e. The van der Waals surface area contributed by atoms with Crippen LogP contribution in [-0.4, -0.2) is 100 Å². The van der Waals surface area contributed by atoms with E-state index in [-0.39, 0.29) is 66.1 Å². The molecule has 0 radical (unpaired) electrons. The topological polar surface area (TPSA) is 130 Å². The van der Waals surface area contributed by atoms with E-state index in [1.54, 1.807) is 0 Å². The van der Waals surface area contributed by atoms with Crippen LogP contribution in [0.15, 0.2) is 0 Å². The first-order valence-electron chi connectivity index (χ1n) is 7.61. The average Bonchev–Trinajstić information content (AvgIpc) is 2.54. The number of ether oxygens (including phenoxy) is 6. The first-order chi connectivity index (χ1) is 11.6. The Hall–Kier alpha value is -1.30. The Bertz CT molecular complexity index is 307. The van der Waals surface area contributed by atoms with Crippen LogP contribution in [0.4, 0.5) is 0 Å². The maximum absolute atomic E-state index is 11.0. The van der Waals surface area contributed by atoms with Crippen molar-refractivity contribution in [3.8, 4) is 0 Å². The SMILES string of the molecule is O=C(O)[C@H]1COCCOCCO[C@@H](C(=O)O)COCCOCCO1. The second kappa shape index (κ2) is 13.0. The van der Waals surface area contributed by atoms with Crippen LogP contribution in [-0.2, 0) is 38.0 Å². The summed E-state index contributed by atoms with van der Waals surface area (Å²) in [6.45, 7) is 1.21. The zero-order valence-corrected chi connectivity index (χ0v) is 13.4. The molecule has 0 unspecified atom stereocenters. The standard InChI is InChI=1S/C14H24O10/c15-13(16)11-9-21-3-1-19-5-7-23-12(14(17)18)10-22-4-2-20-6-8-24-11/h11-12H,1-10H2,(H,15,16)(H,17,18)/t11-,12-/m1/s1. The van der Waals surface area contributed by atoms with Crippen molar-refractivity contribution in [1.29, 1.82) is 0 Å². The van der Waals surface area contributed by atoms with Crippen LogP contribution in [0.3, 0.4) is 0 Å². The molecular formula is C14H24O10. The molecule has 10 heteroatoms. The summed E-state index contributed by atoms with van der Waals surface area (Å²) >= 11 is 0. The third kappa shape index (κ3) is 9.75. The lowest BCUT2D eigenvalue weighted by atomic mass is 10.4. The van der Waals surface area contributed by atoms with Gasteiger partial charge in [-0.2, -0.15) is 0 Å². The third-order valence-corrected chi connectivity index (χ3v) is 2.93. The summed E-state index contributed by atoms with van der Waals surface area (Å²) in [5.74, 6) is -2.22. The van der Waals surface area contributed by atoms with Crippen molar-refractivity contribution in [1.82, 2.24) is 0 Å². The molecule has 0 aromatic heterocycles. The van der Waals surface area contributed by atoms with E-state index in [0.717, 1.165) is 0 Å². The minimum atomic E-state index is -1.11. The summed E-state index contributed by atoms with van der Waals surface area (Å²) < 4.78 is 31.1. The molecule has 1 saturated heterocycles. The minimum Gasteiger partial charge on any atom is -0.479 e. The molecule has 1 aliphatic rings. The predicted octanol–water partition coefficient (Wildman–Crippen LogP) is -0.994. The minimum absolute atomic E-state index is 0.0949. The van der Waals surface area contributed by atoms with Crippen molar-refractivity contribution in [3.63, 3.8) is 0 Å². The molecule has 140 valence electrons. The summed E-state index contributed by atoms with van der Waals surface area (Å²) in [5.41, 5.74) is 0. The highest BCUT2D eigenvalue weighted by molar-refractivity contribution is 5.72. The molecule has 2 N–H and O–H groups in total. The van der Waals surface area contributed by atoms with E-state index in [9.17, 15) is 9.59 Å². The van der Waals surface area contributed by atoms with Crippen molar-refractivity contribution < 1.29 is 48.2 Å². The van der Waals surface area contributed by atoms with Gasteiger partial charge in [0, 0.05) is 0 Å². The Balaban J connectivity index is 2.37. The second-order valence-corrected chi connectivity index (χ2v) is 4.77. The fourth-order valence-corrected chi connectivity index (χ4v) is 1.70. The van der Waals surface area contributed by atoms with E-state index < -0.39 is 24.1 Å². The number of rotatable bonds is 2. The fourth-order valence-electron chi connectivity index (χ4n) is 1.70. The van der Waals surface area contributed by atoms with Gasteiger partial charge < -0.3 is 38.6 Å². The Labute approximate surface area is 139 Å². The van der Waals surface area contributed by atoms with Gasteiger partial charge in [0.1, 0.15) is 0 Å². The molecule has 1 fully saturated rings. The summed E-state index contributed by atoms with van der Waals surface area (Å²) in [4.78, 5) is 22.0. The summed E-state index contributed by atoms with van der Waals surface area (Å²) in [5, 5.41) is 18.0. The van der Waals surface area contributed by atoms with E-state index in [2.05, 4.69) is 0 Å². The highest BCUT2D eigenvalue weighted by Crippen LogP contribution is 1.98. The zero-order chi connectivity index (χ0) is 17.6. The second-order valence-electron chi connectivity index (χ2n) is 4.77. The molecule has 24 heavy (non-hydrogen) atoms. The predicted molar refractivity (Wildman–Crippen MR) is 78.0 cm³/mol. The molecule has 1 rings (SSSR count). The lowest BCUT2D eigenvalue weighted by Crippen LogP contribution is -2.32. The number of carboxylic acid groups (broad SMARTS) is 2. The molecule has 0 spiro atoms. The van der Waals surface area contributed by atoms with Crippen molar-refractivity contribution in [2.24, 2.45) is 0 Å². The number of carbonyl (C=O) groups is 2. The van der Waals surface area contributed by atoms with Crippen LogP contribution in [0.25, 0.3) is 0 Å². The molecule has 1 heterocycles. The molecular weight excluding hydrogens is 328 g/mol. The molecule has 0 amide bonds. The molecule has 10 nitrogen and oxygen atoms in total. The lowest BCUT2D eigenvalue weighted by molar-refractivity contribution is -0.159. The molecule has 2 atom stereocenters. The Morgan fingerprint density at radius 3 is 1.29 bits per heavy atom. The fraction of sp³-hybridized carbons (Fsp3) is 0.857. The van der Waals surface area contributed by atoms with E-state index in [0.29, 0.717) is 0 Å². The first-order valence-corrected chi connectivity index (χ1v) is 7.61. The van der Waals surface area contributed by atoms with Crippen LogP contribution in [0.1, 0.15) is 0 Å². The van der Waals surface area contributed by atoms with Gasteiger partial charge in [0.05, 0.1) is 66.1 Å². The van der Waals surface area contributed by atoms with Gasteiger partial charge in [-0.3, -0.25) is 0 Å². The number of aliphatic carboxylic acids is 2. The molecule has 0 saturated carbocycles. The molecule has 1 aliphatic heterocycles. The molecule has 0 aliphatic carbocycles. The van der Waals surface area contributed by atoms with Crippen molar-refractivity contribution in [2.45, 2.75) is 12.2 Å². The number of carboxylic acids is 2. The number of hydrogen-bond acceptors (Lipinski definition) is 8. The average molecular weight is 352 g/mol. The normalized spacial score (nSPS) is 26.8. The van der Waals surface area contributed by atoms with Gasteiger partial charge in [-0.1, -0.05) is 0 Å². The van der Waals surface area contributed by atoms with Gasteiger partial charge in [-0.15, -0.1) is 0 Å². The van der Waals surface area contributed by atoms with Crippen molar-refractivity contribution >= 4 is 11.9 Å². The van der Waals surface area contributed by atoms with Crippen LogP contribution >= 0.6 is 0 Å². The quantitative estimate of drug-likeness (QED) is 0.638. The lowest BCUT2D eigenvalue weighted by Gasteiger charge is -2.16. The van der Waals surface area contributed by atoms with Crippen LogP contribution in [0.5, 0.6) is 0 Å². The summed E-state index contributed by atoms with van der Waals surface area (Å²) in [6.07, 6.45) is -2.13. The number of hydrogen-bond donors (Lipinski definition) is 2. The van der Waals surface area contributed by atoms with Gasteiger partial charge in [0.2, 0.25) is 0 Å². The highest BCUT2D eigenvalue weighted by Gasteiger charge is 2.19. The van der Waals surface area contributed by atoms with E-state index in [1.807, 2.05) is 0 Å². The summed E-state index contributed by atoms with van der Waals surface area (Å²) in [6, 6.07) is 0. The van der Waals surface area contributed by atoms with Crippen LogP contribution < -0.4 is 0 Å². The Kier molecular flexibility index (Phi) is 11.3. The Morgan fingerprint density at radius 1 is 0.583 bits per heavy atom. The summed E-state index contributed by atoms with van der Waals surface area (Å²) in [7, 11) is 0. The highest BCUT2D eigenvalue weighted by atomic mass is 16.6. The van der Waals surface area contributed by atoms with E-state index >= 15 is 0 Å². The molecule has 0 bridgehead atoms. The largest absolute Gasteiger partial charge is 0.479 e.